The van der Waals surface area contributed by atoms with Crippen LogP contribution in [-0.2, 0) is 4.79 Å². The number of carbonyl (C=O) groups is 1. The zero-order valence-corrected chi connectivity index (χ0v) is 13.0. The first-order chi connectivity index (χ1) is 10.0. The van der Waals surface area contributed by atoms with E-state index in [-0.39, 0.29) is 12.5 Å². The minimum absolute atomic E-state index is 0.166. The molecule has 1 N–H and O–H groups in total. The highest BCUT2D eigenvalue weighted by Crippen LogP contribution is 2.20. The van der Waals surface area contributed by atoms with Crippen LogP contribution in [0.1, 0.15) is 36.8 Å². The van der Waals surface area contributed by atoms with Gasteiger partial charge in [0.1, 0.15) is 12.4 Å². The predicted molar refractivity (Wildman–Crippen MR) is 82.9 cm³/mol. The van der Waals surface area contributed by atoms with E-state index in [9.17, 15) is 4.79 Å². The lowest BCUT2D eigenvalue weighted by Crippen LogP contribution is -2.42. The number of hydrogen-bond acceptors (Lipinski definition) is 3. The van der Waals surface area contributed by atoms with Crippen molar-refractivity contribution in [1.82, 2.24) is 4.90 Å². The summed E-state index contributed by atoms with van der Waals surface area (Å²) in [6.45, 7) is 6.51. The average molecular weight is 291 g/mol. The van der Waals surface area contributed by atoms with E-state index in [0.29, 0.717) is 6.61 Å². The molecule has 1 aliphatic heterocycles. The molecular formula is C17H25NO3. The number of carboxylic acids is 1. The summed E-state index contributed by atoms with van der Waals surface area (Å²) in [6.07, 6.45) is 3.51. The molecule has 1 unspecified atom stereocenters. The Bertz CT molecular complexity index is 467. The van der Waals surface area contributed by atoms with Gasteiger partial charge in [-0.2, -0.15) is 0 Å². The van der Waals surface area contributed by atoms with Crippen molar-refractivity contribution in [2.45, 2.75) is 45.6 Å². The molecule has 0 amide bonds. The van der Waals surface area contributed by atoms with E-state index in [1.807, 2.05) is 12.1 Å². The Morgan fingerprint density at radius 3 is 2.67 bits per heavy atom. The van der Waals surface area contributed by atoms with Crippen molar-refractivity contribution < 1.29 is 14.6 Å². The van der Waals surface area contributed by atoms with E-state index in [1.165, 1.54) is 11.1 Å². The zero-order chi connectivity index (χ0) is 15.2. The van der Waals surface area contributed by atoms with Crippen molar-refractivity contribution in [3.8, 4) is 5.75 Å². The molecule has 1 aliphatic rings. The van der Waals surface area contributed by atoms with Gasteiger partial charge in [0.05, 0.1) is 6.42 Å². The molecule has 1 fully saturated rings. The maximum Gasteiger partial charge on any atom is 0.304 e. The van der Waals surface area contributed by atoms with Crippen molar-refractivity contribution in [2.75, 3.05) is 19.7 Å². The molecule has 1 saturated heterocycles. The van der Waals surface area contributed by atoms with E-state index in [2.05, 4.69) is 24.8 Å². The number of ether oxygens (including phenoxy) is 1. The highest BCUT2D eigenvalue weighted by molar-refractivity contribution is 5.67. The van der Waals surface area contributed by atoms with Gasteiger partial charge in [-0.05, 0) is 56.5 Å². The van der Waals surface area contributed by atoms with Gasteiger partial charge in [-0.3, -0.25) is 9.69 Å². The largest absolute Gasteiger partial charge is 0.492 e. The molecule has 4 heteroatoms. The van der Waals surface area contributed by atoms with E-state index >= 15 is 0 Å². The molecule has 1 atom stereocenters. The molecule has 1 heterocycles. The van der Waals surface area contributed by atoms with Crippen molar-refractivity contribution >= 4 is 5.97 Å². The van der Waals surface area contributed by atoms with Crippen LogP contribution in [0.25, 0.3) is 0 Å². The van der Waals surface area contributed by atoms with E-state index in [1.54, 1.807) is 0 Å². The van der Waals surface area contributed by atoms with Crippen LogP contribution >= 0.6 is 0 Å². The van der Waals surface area contributed by atoms with E-state index in [4.69, 9.17) is 9.84 Å². The van der Waals surface area contributed by atoms with Crippen molar-refractivity contribution in [3.63, 3.8) is 0 Å². The normalized spacial score (nSPS) is 19.4. The standard InChI is InChI=1S/C17H25NO3/c1-13-9-14(2)11-16(10-13)21-8-7-18-6-4-3-5-15(18)12-17(19)20/h9-11,15H,3-8,12H2,1-2H3,(H,19,20). The highest BCUT2D eigenvalue weighted by Gasteiger charge is 2.24. The lowest BCUT2D eigenvalue weighted by Gasteiger charge is -2.34. The molecule has 0 spiro atoms. The van der Waals surface area contributed by atoms with Gasteiger partial charge in [-0.25, -0.2) is 0 Å². The summed E-state index contributed by atoms with van der Waals surface area (Å²) in [4.78, 5) is 13.2. The molecule has 21 heavy (non-hydrogen) atoms. The molecule has 0 aliphatic carbocycles. The van der Waals surface area contributed by atoms with E-state index < -0.39 is 5.97 Å². The Morgan fingerprint density at radius 2 is 2.00 bits per heavy atom. The fourth-order valence-corrected chi connectivity index (χ4v) is 3.08. The number of nitrogens with zero attached hydrogens (tertiary/aromatic N) is 1. The number of likely N-dealkylation sites (tertiary alicyclic amines) is 1. The molecule has 0 radical (unpaired) electrons. The number of carboxylic acid groups (broad SMARTS) is 1. The number of aryl methyl sites for hydroxylation is 2. The third kappa shape index (κ3) is 5.05. The van der Waals surface area contributed by atoms with Gasteiger partial charge in [-0.15, -0.1) is 0 Å². The fraction of sp³-hybridized carbons (Fsp3) is 0.588. The van der Waals surface area contributed by atoms with E-state index in [0.717, 1.165) is 38.1 Å². The molecule has 0 bridgehead atoms. The number of aliphatic carboxylic acids is 1. The van der Waals surface area contributed by atoms with Crippen molar-refractivity contribution in [2.24, 2.45) is 0 Å². The van der Waals surface area contributed by atoms with Crippen LogP contribution in [0.2, 0.25) is 0 Å². The van der Waals surface area contributed by atoms with Crippen LogP contribution < -0.4 is 4.74 Å². The molecule has 2 rings (SSSR count). The van der Waals surface area contributed by atoms with Gasteiger partial charge < -0.3 is 9.84 Å². The van der Waals surface area contributed by atoms with Gasteiger partial charge in [0.25, 0.3) is 0 Å². The summed E-state index contributed by atoms with van der Waals surface area (Å²) in [5.41, 5.74) is 2.40. The second-order valence-electron chi connectivity index (χ2n) is 5.96. The second kappa shape index (κ2) is 7.46. The summed E-state index contributed by atoms with van der Waals surface area (Å²) in [5.74, 6) is 0.196. The fourth-order valence-electron chi connectivity index (χ4n) is 3.08. The maximum atomic E-state index is 10.9. The van der Waals surface area contributed by atoms with Crippen molar-refractivity contribution in [1.29, 1.82) is 0 Å². The van der Waals surface area contributed by atoms with Crippen molar-refractivity contribution in [3.05, 3.63) is 29.3 Å². The minimum atomic E-state index is -0.706. The number of rotatable bonds is 6. The first-order valence-corrected chi connectivity index (χ1v) is 7.71. The first kappa shape index (κ1) is 15.8. The molecule has 116 valence electrons. The highest BCUT2D eigenvalue weighted by atomic mass is 16.5. The molecule has 1 aromatic rings. The summed E-state index contributed by atoms with van der Waals surface area (Å²) >= 11 is 0. The summed E-state index contributed by atoms with van der Waals surface area (Å²) < 4.78 is 5.83. The Balaban J connectivity index is 1.84. The smallest absolute Gasteiger partial charge is 0.304 e. The summed E-state index contributed by atoms with van der Waals surface area (Å²) in [6, 6.07) is 6.37. The SMILES string of the molecule is Cc1cc(C)cc(OCCN2CCCCC2CC(=O)O)c1. The Kier molecular flexibility index (Phi) is 5.62. The Morgan fingerprint density at radius 1 is 1.29 bits per heavy atom. The Labute approximate surface area is 126 Å². The predicted octanol–water partition coefficient (Wildman–Crippen LogP) is 3.01. The van der Waals surface area contributed by atoms with Crippen LogP contribution in [-0.4, -0.2) is 41.7 Å². The monoisotopic (exact) mass is 291 g/mol. The second-order valence-corrected chi connectivity index (χ2v) is 5.96. The molecule has 0 aromatic heterocycles. The molecule has 4 nitrogen and oxygen atoms in total. The van der Waals surface area contributed by atoms with Crippen LogP contribution in [0, 0.1) is 13.8 Å². The quantitative estimate of drug-likeness (QED) is 0.875. The summed E-state index contributed by atoms with van der Waals surface area (Å²) in [5, 5.41) is 8.99. The lowest BCUT2D eigenvalue weighted by atomic mass is 9.99. The Hall–Kier alpha value is -1.55. The lowest BCUT2D eigenvalue weighted by molar-refractivity contribution is -0.138. The number of hydrogen-bond donors (Lipinski definition) is 1. The zero-order valence-electron chi connectivity index (χ0n) is 13.0. The molecule has 1 aromatic carbocycles. The van der Waals surface area contributed by atoms with Crippen LogP contribution in [0.15, 0.2) is 18.2 Å². The third-order valence-corrected chi connectivity index (χ3v) is 4.00. The van der Waals surface area contributed by atoms with Gasteiger partial charge in [0, 0.05) is 12.6 Å². The topological polar surface area (TPSA) is 49.8 Å². The first-order valence-electron chi connectivity index (χ1n) is 7.71. The number of benzene rings is 1. The van der Waals surface area contributed by atoms with Gasteiger partial charge in [-0.1, -0.05) is 12.5 Å². The van der Waals surface area contributed by atoms with Gasteiger partial charge in [0.2, 0.25) is 0 Å². The average Bonchev–Trinajstić information content (AvgIpc) is 2.39. The molecule has 0 saturated carbocycles. The molecular weight excluding hydrogens is 266 g/mol. The van der Waals surface area contributed by atoms with Crippen LogP contribution in [0.3, 0.4) is 0 Å². The summed E-state index contributed by atoms with van der Waals surface area (Å²) in [7, 11) is 0. The minimum Gasteiger partial charge on any atom is -0.492 e. The van der Waals surface area contributed by atoms with Gasteiger partial charge >= 0.3 is 5.97 Å². The third-order valence-electron chi connectivity index (χ3n) is 4.00. The van der Waals surface area contributed by atoms with Gasteiger partial charge in [0.15, 0.2) is 0 Å². The number of piperidine rings is 1. The van der Waals surface area contributed by atoms with Crippen LogP contribution in [0.4, 0.5) is 0 Å². The maximum absolute atomic E-state index is 10.9. The van der Waals surface area contributed by atoms with Crippen LogP contribution in [0.5, 0.6) is 5.75 Å².